The number of nitrogens with two attached hydrogens (primary N) is 1. The van der Waals surface area contributed by atoms with Crippen LogP contribution in [-0.4, -0.2) is 37.9 Å². The van der Waals surface area contributed by atoms with Crippen LogP contribution >= 0.6 is 34.7 Å². The first-order valence-electron chi connectivity index (χ1n) is 10.1. The molecule has 0 saturated carbocycles. The highest BCUT2D eigenvalue weighted by molar-refractivity contribution is 8.00. The summed E-state index contributed by atoms with van der Waals surface area (Å²) in [6, 6.07) is 1.48. The Labute approximate surface area is 194 Å². The number of fused-ring (bicyclic) bond motifs is 5. The molecule has 0 aromatic carbocycles. The highest BCUT2D eigenvalue weighted by Crippen LogP contribution is 2.42. The number of thiophene rings is 1. The third kappa shape index (κ3) is 2.74. The van der Waals surface area contributed by atoms with Gasteiger partial charge in [-0.05, 0) is 30.9 Å². The van der Waals surface area contributed by atoms with Gasteiger partial charge in [0.1, 0.15) is 34.0 Å². The minimum Gasteiger partial charge on any atom is -0.369 e. The molecule has 5 heterocycles. The average molecular weight is 489 g/mol. The Morgan fingerprint density at radius 3 is 2.88 bits per heavy atom. The van der Waals surface area contributed by atoms with Crippen molar-refractivity contribution in [2.45, 2.75) is 24.9 Å². The van der Waals surface area contributed by atoms with Crippen molar-refractivity contribution in [2.24, 2.45) is 11.7 Å². The summed E-state index contributed by atoms with van der Waals surface area (Å²) < 4.78 is 1.48. The molecule has 1 fully saturated rings. The van der Waals surface area contributed by atoms with Gasteiger partial charge < -0.3 is 16.4 Å². The van der Waals surface area contributed by atoms with Gasteiger partial charge in [0, 0.05) is 22.3 Å². The van der Waals surface area contributed by atoms with Crippen LogP contribution in [0.2, 0.25) is 5.02 Å². The number of carbonyl (C=O) groups is 2. The maximum Gasteiger partial charge on any atom is 0.276 e. The minimum atomic E-state index is -0.720. The number of nitrogens with one attached hydrogen (secondary N) is 2. The van der Waals surface area contributed by atoms with E-state index in [1.807, 2.05) is 0 Å². The Morgan fingerprint density at radius 1 is 1.34 bits per heavy atom. The van der Waals surface area contributed by atoms with E-state index in [4.69, 9.17) is 17.3 Å². The van der Waals surface area contributed by atoms with Crippen LogP contribution < -0.4 is 21.9 Å². The molecule has 6 rings (SSSR count). The first kappa shape index (κ1) is 20.0. The lowest BCUT2D eigenvalue weighted by atomic mass is 9.87. The van der Waals surface area contributed by atoms with Gasteiger partial charge in [-0.1, -0.05) is 11.6 Å². The largest absolute Gasteiger partial charge is 0.369 e. The third-order valence-corrected chi connectivity index (χ3v) is 9.14. The lowest BCUT2D eigenvalue weighted by Gasteiger charge is -2.38. The molecular weight excluding hydrogens is 472 g/mol. The molecule has 4 N–H and O–H groups in total. The Balaban J connectivity index is 1.46. The minimum absolute atomic E-state index is 0.179. The van der Waals surface area contributed by atoms with Gasteiger partial charge in [-0.25, -0.2) is 9.97 Å². The van der Waals surface area contributed by atoms with Gasteiger partial charge in [-0.15, -0.1) is 11.3 Å². The van der Waals surface area contributed by atoms with Crippen molar-refractivity contribution < 1.29 is 9.59 Å². The number of primary amides is 1. The summed E-state index contributed by atoms with van der Waals surface area (Å²) in [5.41, 5.74) is 6.00. The summed E-state index contributed by atoms with van der Waals surface area (Å²) in [6.07, 6.45) is 3.39. The number of thioether (sulfide) groups is 1. The van der Waals surface area contributed by atoms with Crippen LogP contribution in [0.25, 0.3) is 10.2 Å². The fraction of sp³-hybridized carbons (Fsp3) is 0.350. The van der Waals surface area contributed by atoms with Gasteiger partial charge in [-0.2, -0.15) is 11.8 Å². The van der Waals surface area contributed by atoms with Crippen LogP contribution in [0.4, 0.5) is 11.5 Å². The Bertz CT molecular complexity index is 1400. The number of hydrogen-bond acceptors (Lipinski definition) is 8. The van der Waals surface area contributed by atoms with E-state index in [9.17, 15) is 14.4 Å². The number of rotatable bonds is 3. The van der Waals surface area contributed by atoms with E-state index in [0.717, 1.165) is 20.7 Å². The number of anilines is 2. The van der Waals surface area contributed by atoms with Crippen LogP contribution in [0.3, 0.4) is 0 Å². The van der Waals surface area contributed by atoms with Gasteiger partial charge in [0.05, 0.1) is 10.4 Å². The van der Waals surface area contributed by atoms with Crippen molar-refractivity contribution in [3.63, 3.8) is 0 Å². The molecule has 0 unspecified atom stereocenters. The van der Waals surface area contributed by atoms with E-state index in [1.165, 1.54) is 28.3 Å². The Kier molecular flexibility index (Phi) is 4.33. The molecule has 12 heteroatoms. The molecule has 2 aliphatic heterocycles. The zero-order valence-corrected chi connectivity index (χ0v) is 19.0. The maximum absolute atomic E-state index is 13.4. The van der Waals surface area contributed by atoms with E-state index in [-0.39, 0.29) is 39.7 Å². The number of aromatic nitrogens is 3. The second kappa shape index (κ2) is 6.93. The van der Waals surface area contributed by atoms with Crippen molar-refractivity contribution in [1.82, 2.24) is 19.9 Å². The van der Waals surface area contributed by atoms with Crippen molar-refractivity contribution in [3.05, 3.63) is 43.9 Å². The molecule has 1 atom stereocenters. The van der Waals surface area contributed by atoms with Crippen molar-refractivity contribution in [1.29, 1.82) is 0 Å². The molecule has 32 heavy (non-hydrogen) atoms. The SMILES string of the molecule is NC(=O)[C@H]1CCc2c(sc3ncnc(Nc4cc(Cl)c5n(c4=O)C4(CSC4)NC5=O)c23)C1. The van der Waals surface area contributed by atoms with E-state index in [0.29, 0.717) is 36.6 Å². The summed E-state index contributed by atoms with van der Waals surface area (Å²) in [6.45, 7) is 0. The fourth-order valence-corrected chi connectivity index (χ4v) is 7.23. The fourth-order valence-electron chi connectivity index (χ4n) is 4.69. The normalized spacial score (nSPS) is 20.5. The molecule has 2 amide bonds. The smallest absolute Gasteiger partial charge is 0.276 e. The van der Waals surface area contributed by atoms with Crippen molar-refractivity contribution in [2.75, 3.05) is 16.8 Å². The molecule has 0 radical (unpaired) electrons. The average Bonchev–Trinajstić information content (AvgIpc) is 3.27. The van der Waals surface area contributed by atoms with Crippen LogP contribution in [0.15, 0.2) is 17.2 Å². The van der Waals surface area contributed by atoms with Crippen molar-refractivity contribution >= 4 is 68.2 Å². The number of nitrogens with zero attached hydrogens (tertiary/aromatic N) is 3. The second-order valence-electron chi connectivity index (χ2n) is 8.25. The number of halogens is 1. The molecule has 1 saturated heterocycles. The zero-order chi connectivity index (χ0) is 22.2. The van der Waals surface area contributed by atoms with E-state index in [2.05, 4.69) is 20.6 Å². The van der Waals surface area contributed by atoms with E-state index in [1.54, 1.807) is 11.8 Å². The second-order valence-corrected chi connectivity index (χ2v) is 10.7. The van der Waals surface area contributed by atoms with Gasteiger partial charge >= 0.3 is 0 Å². The Hall–Kier alpha value is -2.63. The standard InChI is InChI=1S/C20H17ClN6O3S2/c21-10-4-11(19(30)27-14(10)17(29)26-20(27)5-31-6-20)25-16-13-9-2-1-8(15(22)28)3-12(9)32-18(13)24-7-23-16/h4,7-8H,1-3,5-6H2,(H2,22,28)(H,26,29)(H,23,24,25)/t8-/m0/s1. The summed E-state index contributed by atoms with van der Waals surface area (Å²) >= 11 is 9.61. The van der Waals surface area contributed by atoms with Crippen LogP contribution in [0, 0.1) is 5.92 Å². The van der Waals surface area contributed by atoms with Gasteiger partial charge in [0.2, 0.25) is 5.91 Å². The molecule has 3 aromatic rings. The first-order valence-corrected chi connectivity index (χ1v) is 12.4. The number of amides is 2. The lowest BCUT2D eigenvalue weighted by Crippen LogP contribution is -2.57. The van der Waals surface area contributed by atoms with Crippen LogP contribution in [0.1, 0.15) is 27.3 Å². The number of aryl methyl sites for hydroxylation is 1. The predicted octanol–water partition coefficient (Wildman–Crippen LogP) is 1.98. The topological polar surface area (TPSA) is 132 Å². The third-order valence-electron chi connectivity index (χ3n) is 6.33. The van der Waals surface area contributed by atoms with Gasteiger partial charge in [0.25, 0.3) is 11.5 Å². The number of pyridine rings is 1. The van der Waals surface area contributed by atoms with Gasteiger partial charge in [0.15, 0.2) is 0 Å². The van der Waals surface area contributed by atoms with E-state index >= 15 is 0 Å². The Morgan fingerprint density at radius 2 is 2.16 bits per heavy atom. The monoisotopic (exact) mass is 488 g/mol. The van der Waals surface area contributed by atoms with Crippen LogP contribution in [-0.2, 0) is 23.3 Å². The van der Waals surface area contributed by atoms with Crippen molar-refractivity contribution in [3.8, 4) is 0 Å². The highest BCUT2D eigenvalue weighted by Gasteiger charge is 2.50. The summed E-state index contributed by atoms with van der Waals surface area (Å²) in [7, 11) is 0. The van der Waals surface area contributed by atoms with Gasteiger partial charge in [-0.3, -0.25) is 19.0 Å². The number of hydrogen-bond donors (Lipinski definition) is 3. The van der Waals surface area contributed by atoms with E-state index < -0.39 is 5.66 Å². The summed E-state index contributed by atoms with van der Waals surface area (Å²) in [5.74, 6) is 0.934. The molecular formula is C20H17ClN6O3S2. The van der Waals surface area contributed by atoms with Crippen LogP contribution in [0.5, 0.6) is 0 Å². The zero-order valence-electron chi connectivity index (χ0n) is 16.6. The lowest BCUT2D eigenvalue weighted by molar-refractivity contribution is -0.122. The molecule has 3 aliphatic rings. The molecule has 1 spiro atoms. The molecule has 1 aliphatic carbocycles. The number of carbonyl (C=O) groups excluding carboxylic acids is 2. The molecule has 3 aromatic heterocycles. The highest BCUT2D eigenvalue weighted by atomic mass is 35.5. The predicted molar refractivity (Wildman–Crippen MR) is 124 cm³/mol. The molecule has 9 nitrogen and oxygen atoms in total. The summed E-state index contributed by atoms with van der Waals surface area (Å²) in [4.78, 5) is 48.2. The quantitative estimate of drug-likeness (QED) is 0.513. The first-order chi connectivity index (χ1) is 15.4. The summed E-state index contributed by atoms with van der Waals surface area (Å²) in [5, 5.41) is 7.13. The molecule has 0 bridgehead atoms. The molecule has 164 valence electrons. The maximum atomic E-state index is 13.4.